The first-order chi connectivity index (χ1) is 9.45. The van der Waals surface area contributed by atoms with Crippen LogP contribution in [0.2, 0.25) is 0 Å². The predicted molar refractivity (Wildman–Crippen MR) is 70.1 cm³/mol. The first kappa shape index (κ1) is 14.6. The number of rotatable bonds is 4. The lowest BCUT2D eigenvalue weighted by molar-refractivity contribution is 0.479. The molecule has 2 rings (SSSR count). The highest BCUT2D eigenvalue weighted by molar-refractivity contribution is 5.37. The Kier molecular flexibility index (Phi) is 4.13. The van der Waals surface area contributed by atoms with Gasteiger partial charge in [-0.1, -0.05) is 13.8 Å². The molecule has 0 bridgehead atoms. The lowest BCUT2D eigenvalue weighted by Crippen LogP contribution is -2.20. The van der Waals surface area contributed by atoms with Crippen LogP contribution in [0.1, 0.15) is 25.5 Å². The first-order valence-corrected chi connectivity index (χ1v) is 6.33. The SMILES string of the molecule is CC(C)C(CN)c1cncn1-c1cc(F)c(F)cc1F. The summed E-state index contributed by atoms with van der Waals surface area (Å²) in [4.78, 5) is 3.97. The number of benzene rings is 1. The molecule has 6 heteroatoms. The molecule has 108 valence electrons. The van der Waals surface area contributed by atoms with E-state index in [2.05, 4.69) is 4.98 Å². The predicted octanol–water partition coefficient (Wildman–Crippen LogP) is 2.99. The number of aromatic nitrogens is 2. The van der Waals surface area contributed by atoms with E-state index in [-0.39, 0.29) is 17.5 Å². The van der Waals surface area contributed by atoms with Gasteiger partial charge in [0, 0.05) is 36.5 Å². The van der Waals surface area contributed by atoms with Crippen molar-refractivity contribution in [2.24, 2.45) is 11.7 Å². The quantitative estimate of drug-likeness (QED) is 0.877. The maximum Gasteiger partial charge on any atom is 0.161 e. The van der Waals surface area contributed by atoms with Crippen LogP contribution in [0.15, 0.2) is 24.7 Å². The second kappa shape index (κ2) is 5.66. The number of imidazole rings is 1. The van der Waals surface area contributed by atoms with Crippen molar-refractivity contribution in [2.45, 2.75) is 19.8 Å². The molecule has 2 aromatic rings. The van der Waals surface area contributed by atoms with E-state index in [4.69, 9.17) is 5.73 Å². The minimum absolute atomic E-state index is 0.0509. The van der Waals surface area contributed by atoms with Crippen LogP contribution in [0.3, 0.4) is 0 Å². The maximum atomic E-state index is 13.9. The van der Waals surface area contributed by atoms with Gasteiger partial charge in [0.25, 0.3) is 0 Å². The van der Waals surface area contributed by atoms with Crippen LogP contribution in [0, 0.1) is 23.4 Å². The molecule has 0 aliphatic rings. The zero-order chi connectivity index (χ0) is 14.9. The van der Waals surface area contributed by atoms with Gasteiger partial charge >= 0.3 is 0 Å². The summed E-state index contributed by atoms with van der Waals surface area (Å²) >= 11 is 0. The molecule has 0 aliphatic carbocycles. The van der Waals surface area contributed by atoms with Crippen LogP contribution in [-0.4, -0.2) is 16.1 Å². The number of halogens is 3. The second-order valence-electron chi connectivity index (χ2n) is 4.99. The molecule has 1 unspecified atom stereocenters. The highest BCUT2D eigenvalue weighted by Gasteiger charge is 2.21. The Morgan fingerprint density at radius 2 is 1.80 bits per heavy atom. The summed E-state index contributed by atoms with van der Waals surface area (Å²) in [6.07, 6.45) is 2.94. The van der Waals surface area contributed by atoms with E-state index in [1.54, 1.807) is 6.20 Å². The van der Waals surface area contributed by atoms with Crippen LogP contribution in [0.5, 0.6) is 0 Å². The van der Waals surface area contributed by atoms with Gasteiger partial charge in [0.2, 0.25) is 0 Å². The Morgan fingerprint density at radius 3 is 2.40 bits per heavy atom. The second-order valence-corrected chi connectivity index (χ2v) is 4.99. The van der Waals surface area contributed by atoms with Gasteiger partial charge in [0.1, 0.15) is 5.82 Å². The van der Waals surface area contributed by atoms with Crippen molar-refractivity contribution in [1.29, 1.82) is 0 Å². The zero-order valence-corrected chi connectivity index (χ0v) is 11.3. The van der Waals surface area contributed by atoms with Crippen molar-refractivity contribution in [1.82, 2.24) is 9.55 Å². The van der Waals surface area contributed by atoms with Crippen LogP contribution >= 0.6 is 0 Å². The molecule has 2 N–H and O–H groups in total. The van der Waals surface area contributed by atoms with E-state index in [1.165, 1.54) is 10.9 Å². The highest BCUT2D eigenvalue weighted by atomic mass is 19.2. The van der Waals surface area contributed by atoms with E-state index in [9.17, 15) is 13.2 Å². The van der Waals surface area contributed by atoms with E-state index in [1.807, 2.05) is 13.8 Å². The first-order valence-electron chi connectivity index (χ1n) is 6.33. The molecule has 1 aromatic carbocycles. The van der Waals surface area contributed by atoms with Crippen molar-refractivity contribution in [2.75, 3.05) is 6.54 Å². The van der Waals surface area contributed by atoms with Crippen molar-refractivity contribution in [3.63, 3.8) is 0 Å². The van der Waals surface area contributed by atoms with Gasteiger partial charge in [-0.25, -0.2) is 18.2 Å². The molecule has 0 aliphatic heterocycles. The average molecular weight is 283 g/mol. The van der Waals surface area contributed by atoms with E-state index in [0.29, 0.717) is 18.3 Å². The Labute approximate surface area is 115 Å². The minimum atomic E-state index is -1.22. The largest absolute Gasteiger partial charge is 0.330 e. The molecule has 0 radical (unpaired) electrons. The Hall–Kier alpha value is -1.82. The lowest BCUT2D eigenvalue weighted by atomic mass is 9.93. The van der Waals surface area contributed by atoms with Crippen molar-refractivity contribution in [3.8, 4) is 5.69 Å². The topological polar surface area (TPSA) is 43.8 Å². The molecule has 0 spiro atoms. The van der Waals surface area contributed by atoms with Gasteiger partial charge in [-0.2, -0.15) is 0 Å². The van der Waals surface area contributed by atoms with Crippen LogP contribution in [0.4, 0.5) is 13.2 Å². The molecule has 0 amide bonds. The standard InChI is InChI=1S/C14H16F3N3/c1-8(2)9(5-18)14-6-19-7-20(14)13-4-11(16)10(15)3-12(13)17/h3-4,6-9H,5,18H2,1-2H3. The molecule has 1 heterocycles. The van der Waals surface area contributed by atoms with E-state index in [0.717, 1.165) is 6.07 Å². The van der Waals surface area contributed by atoms with Crippen LogP contribution in [-0.2, 0) is 0 Å². The van der Waals surface area contributed by atoms with E-state index < -0.39 is 17.5 Å². The number of hydrogen-bond donors (Lipinski definition) is 1. The third-order valence-electron chi connectivity index (χ3n) is 3.35. The van der Waals surface area contributed by atoms with E-state index >= 15 is 0 Å². The molecular formula is C14H16F3N3. The Morgan fingerprint density at radius 1 is 1.15 bits per heavy atom. The lowest BCUT2D eigenvalue weighted by Gasteiger charge is -2.21. The van der Waals surface area contributed by atoms with Crippen molar-refractivity contribution < 1.29 is 13.2 Å². The molecule has 1 atom stereocenters. The third-order valence-corrected chi connectivity index (χ3v) is 3.35. The van der Waals surface area contributed by atoms with Crippen LogP contribution in [0.25, 0.3) is 5.69 Å². The smallest absolute Gasteiger partial charge is 0.161 e. The Balaban J connectivity index is 2.55. The molecule has 20 heavy (non-hydrogen) atoms. The van der Waals surface area contributed by atoms with Gasteiger partial charge in [0.05, 0.1) is 12.0 Å². The third kappa shape index (κ3) is 2.56. The average Bonchev–Trinajstić information content (AvgIpc) is 2.83. The molecule has 0 saturated heterocycles. The molecule has 0 fully saturated rings. The van der Waals surface area contributed by atoms with Gasteiger partial charge < -0.3 is 5.73 Å². The molecule has 0 saturated carbocycles. The van der Waals surface area contributed by atoms with Gasteiger partial charge in [-0.05, 0) is 5.92 Å². The fourth-order valence-corrected chi connectivity index (χ4v) is 2.21. The minimum Gasteiger partial charge on any atom is -0.330 e. The summed E-state index contributed by atoms with van der Waals surface area (Å²) in [5, 5.41) is 0. The monoisotopic (exact) mass is 283 g/mol. The summed E-state index contributed by atoms with van der Waals surface area (Å²) in [5.74, 6) is -3.00. The van der Waals surface area contributed by atoms with Crippen molar-refractivity contribution >= 4 is 0 Å². The fourth-order valence-electron chi connectivity index (χ4n) is 2.21. The van der Waals surface area contributed by atoms with Gasteiger partial charge in [0.15, 0.2) is 11.6 Å². The number of hydrogen-bond acceptors (Lipinski definition) is 2. The number of nitrogens with two attached hydrogens (primary N) is 1. The summed E-state index contributed by atoms with van der Waals surface area (Å²) in [6.45, 7) is 4.32. The van der Waals surface area contributed by atoms with Crippen LogP contribution < -0.4 is 5.73 Å². The highest BCUT2D eigenvalue weighted by Crippen LogP contribution is 2.27. The summed E-state index contributed by atoms with van der Waals surface area (Å²) in [6, 6.07) is 1.35. The molecule has 3 nitrogen and oxygen atoms in total. The molecular weight excluding hydrogens is 267 g/mol. The van der Waals surface area contributed by atoms with Gasteiger partial charge in [-0.15, -0.1) is 0 Å². The fraction of sp³-hybridized carbons (Fsp3) is 0.357. The normalized spacial score (nSPS) is 12.9. The Bertz CT molecular complexity index is 608. The summed E-state index contributed by atoms with van der Waals surface area (Å²) < 4.78 is 41.6. The zero-order valence-electron chi connectivity index (χ0n) is 11.3. The van der Waals surface area contributed by atoms with Crippen molar-refractivity contribution in [3.05, 3.63) is 47.8 Å². The summed E-state index contributed by atoms with van der Waals surface area (Å²) in [7, 11) is 0. The molecule has 1 aromatic heterocycles. The number of nitrogens with zero attached hydrogens (tertiary/aromatic N) is 2. The summed E-state index contributed by atoms with van der Waals surface area (Å²) in [5.41, 5.74) is 6.33. The van der Waals surface area contributed by atoms with Gasteiger partial charge in [-0.3, -0.25) is 4.57 Å². The maximum absolute atomic E-state index is 13.9.